The van der Waals surface area contributed by atoms with Crippen LogP contribution in [-0.4, -0.2) is 33.9 Å². The van der Waals surface area contributed by atoms with Crippen molar-refractivity contribution in [2.75, 3.05) is 7.11 Å². The van der Waals surface area contributed by atoms with Gasteiger partial charge in [-0.15, -0.1) is 0 Å². The quantitative estimate of drug-likeness (QED) is 0.455. The van der Waals surface area contributed by atoms with Crippen molar-refractivity contribution in [1.29, 1.82) is 0 Å². The SMILES string of the molecule is COc1ccccc1[Se]Cn1cc[n+](C)c1.F[B-](F)(F)F. The molecule has 0 radical (unpaired) electrons. The second-order valence-electron chi connectivity index (χ2n) is 4.01. The fourth-order valence-electron chi connectivity index (χ4n) is 1.46. The number of para-hydroxylation sites is 1. The number of hydrogen-bond acceptors (Lipinski definition) is 1. The van der Waals surface area contributed by atoms with Crippen molar-refractivity contribution in [3.8, 4) is 5.75 Å². The number of nitrogens with zero attached hydrogens (tertiary/aromatic N) is 2. The Bertz CT molecular complexity index is 556. The van der Waals surface area contributed by atoms with Gasteiger partial charge in [-0.1, -0.05) is 0 Å². The van der Waals surface area contributed by atoms with E-state index in [1.54, 1.807) is 7.11 Å². The number of methoxy groups -OCH3 is 1. The van der Waals surface area contributed by atoms with Crippen LogP contribution in [0.5, 0.6) is 5.75 Å². The summed E-state index contributed by atoms with van der Waals surface area (Å²) < 4.78 is 49.9. The second kappa shape index (κ2) is 8.09. The van der Waals surface area contributed by atoms with Crippen LogP contribution in [0.2, 0.25) is 0 Å². The molecule has 21 heavy (non-hydrogen) atoms. The summed E-state index contributed by atoms with van der Waals surface area (Å²) in [6.45, 7) is 0. The Balaban J connectivity index is 0.000000383. The maximum absolute atomic E-state index is 9.75. The molecule has 9 heteroatoms. The topological polar surface area (TPSA) is 18.0 Å². The summed E-state index contributed by atoms with van der Waals surface area (Å²) in [6.07, 6.45) is 6.24. The minimum absolute atomic E-state index is 0.401. The van der Waals surface area contributed by atoms with Gasteiger partial charge in [0.15, 0.2) is 0 Å². The molecule has 0 aliphatic heterocycles. The first-order chi connectivity index (χ1) is 9.79. The number of halogens is 4. The molecule has 2 rings (SSSR count). The molecule has 0 bridgehead atoms. The third kappa shape index (κ3) is 7.77. The summed E-state index contributed by atoms with van der Waals surface area (Å²) in [7, 11) is -2.24. The number of imidazole rings is 1. The number of aromatic nitrogens is 2. The molecule has 0 saturated carbocycles. The van der Waals surface area contributed by atoms with E-state index >= 15 is 0 Å². The van der Waals surface area contributed by atoms with E-state index < -0.39 is 7.25 Å². The zero-order valence-corrected chi connectivity index (χ0v) is 13.3. The van der Waals surface area contributed by atoms with E-state index in [1.807, 2.05) is 19.2 Å². The van der Waals surface area contributed by atoms with E-state index in [4.69, 9.17) is 4.74 Å². The Morgan fingerprint density at radius 2 is 1.86 bits per heavy atom. The fourth-order valence-corrected chi connectivity index (χ4v) is 3.37. The summed E-state index contributed by atoms with van der Waals surface area (Å²) in [5.41, 5.74) is 1.04. The largest absolute Gasteiger partial charge is 0.673 e. The monoisotopic (exact) mass is 370 g/mol. The molecule has 0 atom stereocenters. The van der Waals surface area contributed by atoms with Crippen LogP contribution in [0.1, 0.15) is 0 Å². The third-order valence-corrected chi connectivity index (χ3v) is 4.52. The minimum atomic E-state index is -6.00. The molecule has 0 fully saturated rings. The van der Waals surface area contributed by atoms with Crippen molar-refractivity contribution in [2.45, 2.75) is 5.44 Å². The van der Waals surface area contributed by atoms with E-state index in [2.05, 4.69) is 40.0 Å². The van der Waals surface area contributed by atoms with E-state index in [9.17, 15) is 17.3 Å². The minimum Gasteiger partial charge on any atom is -0.418 e. The predicted octanol–water partition coefficient (Wildman–Crippen LogP) is 1.61. The molecule has 2 aromatic rings. The molecule has 0 spiro atoms. The average molecular weight is 369 g/mol. The molecule has 1 heterocycles. The van der Waals surface area contributed by atoms with Gasteiger partial charge in [0.2, 0.25) is 0 Å². The molecular weight excluding hydrogens is 354 g/mol. The molecule has 0 amide bonds. The standard InChI is InChI=1S/C12H15N2OSe.BF4/c1-13-7-8-14(9-13)10-16-12-6-4-3-5-11(12)15-2;2-1(3,4)5/h3-9H,10H2,1-2H3;/q+1;-1. The smallest absolute Gasteiger partial charge is 0.418 e. The predicted molar refractivity (Wildman–Crippen MR) is 74.2 cm³/mol. The Hall–Kier alpha value is -1.47. The summed E-state index contributed by atoms with van der Waals surface area (Å²) in [6, 6.07) is 8.23. The average Bonchev–Trinajstić information content (AvgIpc) is 2.80. The summed E-state index contributed by atoms with van der Waals surface area (Å²) in [5, 5.41) is 0. The maximum atomic E-state index is 9.75. The summed E-state index contributed by atoms with van der Waals surface area (Å²) in [4.78, 5) is 0. The van der Waals surface area contributed by atoms with Crippen molar-refractivity contribution >= 4 is 26.7 Å². The number of ether oxygens (including phenoxy) is 1. The van der Waals surface area contributed by atoms with Gasteiger partial charge in [-0.05, 0) is 0 Å². The molecule has 0 saturated heterocycles. The first kappa shape index (κ1) is 17.6. The Kier molecular flexibility index (Phi) is 6.78. The molecule has 3 nitrogen and oxygen atoms in total. The van der Waals surface area contributed by atoms with Crippen LogP contribution in [0, 0.1) is 0 Å². The zero-order chi connectivity index (χ0) is 15.9. The molecule has 0 unspecified atom stereocenters. The van der Waals surface area contributed by atoms with Gasteiger partial charge in [0.25, 0.3) is 0 Å². The summed E-state index contributed by atoms with van der Waals surface area (Å²) in [5.74, 6) is 0.999. The van der Waals surface area contributed by atoms with Gasteiger partial charge >= 0.3 is 109 Å². The van der Waals surface area contributed by atoms with Crippen LogP contribution in [0.3, 0.4) is 0 Å². The van der Waals surface area contributed by atoms with Crippen LogP contribution in [0.25, 0.3) is 0 Å². The van der Waals surface area contributed by atoms with Gasteiger partial charge in [-0.25, -0.2) is 0 Å². The third-order valence-electron chi connectivity index (χ3n) is 2.26. The number of hydrogen-bond donors (Lipinski definition) is 0. The van der Waals surface area contributed by atoms with Crippen molar-refractivity contribution < 1.29 is 26.6 Å². The number of aryl methyl sites for hydroxylation is 1. The first-order valence-corrected chi connectivity index (χ1v) is 8.00. The molecule has 0 N–H and O–H groups in total. The van der Waals surface area contributed by atoms with Crippen molar-refractivity contribution in [2.24, 2.45) is 7.05 Å². The van der Waals surface area contributed by atoms with E-state index in [0.29, 0.717) is 15.0 Å². The summed E-state index contributed by atoms with van der Waals surface area (Å²) >= 11 is 0.401. The number of benzene rings is 1. The Morgan fingerprint density at radius 3 is 2.38 bits per heavy atom. The van der Waals surface area contributed by atoms with E-state index in [0.717, 1.165) is 11.2 Å². The van der Waals surface area contributed by atoms with Gasteiger partial charge in [-0.3, -0.25) is 0 Å². The normalized spacial score (nSPS) is 10.8. The Morgan fingerprint density at radius 1 is 1.24 bits per heavy atom. The maximum Gasteiger partial charge on any atom is 0.673 e. The fraction of sp³-hybridized carbons (Fsp3) is 0.250. The van der Waals surface area contributed by atoms with Crippen molar-refractivity contribution in [1.82, 2.24) is 4.57 Å². The van der Waals surface area contributed by atoms with Gasteiger partial charge in [-0.2, -0.15) is 0 Å². The molecule has 0 aliphatic carbocycles. The molecule has 116 valence electrons. The van der Waals surface area contributed by atoms with Crippen LogP contribution >= 0.6 is 0 Å². The van der Waals surface area contributed by atoms with Crippen LogP contribution < -0.4 is 13.8 Å². The van der Waals surface area contributed by atoms with Crippen LogP contribution in [0.15, 0.2) is 43.0 Å². The van der Waals surface area contributed by atoms with E-state index in [1.165, 1.54) is 4.46 Å². The second-order valence-corrected chi connectivity index (χ2v) is 6.08. The van der Waals surface area contributed by atoms with Gasteiger partial charge < -0.3 is 17.3 Å². The first-order valence-electron chi connectivity index (χ1n) is 5.93. The molecule has 1 aromatic heterocycles. The molecule has 0 aliphatic rings. The van der Waals surface area contributed by atoms with Crippen molar-refractivity contribution in [3.63, 3.8) is 0 Å². The van der Waals surface area contributed by atoms with Gasteiger partial charge in [0.05, 0.1) is 0 Å². The van der Waals surface area contributed by atoms with E-state index in [-0.39, 0.29) is 0 Å². The Labute approximate surface area is 126 Å². The zero-order valence-electron chi connectivity index (χ0n) is 11.5. The number of rotatable bonds is 4. The van der Waals surface area contributed by atoms with Crippen molar-refractivity contribution in [3.05, 3.63) is 43.0 Å². The molecule has 1 aromatic carbocycles. The van der Waals surface area contributed by atoms with Crippen LogP contribution in [0.4, 0.5) is 17.3 Å². The van der Waals surface area contributed by atoms with Gasteiger partial charge in [0, 0.05) is 0 Å². The van der Waals surface area contributed by atoms with Crippen LogP contribution in [-0.2, 0) is 12.5 Å². The molecular formula is C12H15BF4N2OSe. The van der Waals surface area contributed by atoms with Gasteiger partial charge in [0.1, 0.15) is 0 Å².